The predicted octanol–water partition coefficient (Wildman–Crippen LogP) is 2.99. The van der Waals surface area contributed by atoms with E-state index in [9.17, 15) is 9.59 Å². The minimum absolute atomic E-state index is 0.158. The smallest absolute Gasteiger partial charge is 0.308 e. The summed E-state index contributed by atoms with van der Waals surface area (Å²) in [7, 11) is 1.60. The fraction of sp³-hybridized carbons (Fsp3) is 0.263. The Hall–Kier alpha value is -3.02. The number of nitrogens with zero attached hydrogens (tertiary/aromatic N) is 1. The van der Waals surface area contributed by atoms with Gasteiger partial charge in [0.15, 0.2) is 0 Å². The Morgan fingerprint density at radius 1 is 1.20 bits per heavy atom. The lowest BCUT2D eigenvalue weighted by molar-refractivity contribution is -0.141. The summed E-state index contributed by atoms with van der Waals surface area (Å²) >= 11 is 0. The number of nitrogens with one attached hydrogen (secondary N) is 1. The summed E-state index contributed by atoms with van der Waals surface area (Å²) in [6, 6.07) is 14.7. The zero-order chi connectivity index (χ0) is 17.8. The van der Waals surface area contributed by atoms with E-state index in [0.29, 0.717) is 24.2 Å². The van der Waals surface area contributed by atoms with E-state index in [1.807, 2.05) is 36.4 Å². The first-order valence-corrected chi connectivity index (χ1v) is 8.10. The number of carboxylic acid groups (broad SMARTS) is 1. The molecule has 0 saturated carbocycles. The van der Waals surface area contributed by atoms with Gasteiger partial charge in [-0.1, -0.05) is 18.2 Å². The van der Waals surface area contributed by atoms with Gasteiger partial charge >= 0.3 is 5.97 Å². The van der Waals surface area contributed by atoms with Crippen molar-refractivity contribution in [3.63, 3.8) is 0 Å². The van der Waals surface area contributed by atoms with Crippen LogP contribution in [0.15, 0.2) is 48.5 Å². The molecule has 0 aromatic heterocycles. The van der Waals surface area contributed by atoms with Crippen LogP contribution in [0.4, 0.5) is 11.4 Å². The molecular weight excluding hydrogens is 320 g/mol. The van der Waals surface area contributed by atoms with E-state index in [4.69, 9.17) is 9.84 Å². The maximum absolute atomic E-state index is 12.8. The molecule has 3 rings (SSSR count). The van der Waals surface area contributed by atoms with Crippen LogP contribution in [0.25, 0.3) is 0 Å². The molecule has 6 heteroatoms. The zero-order valence-electron chi connectivity index (χ0n) is 13.9. The van der Waals surface area contributed by atoms with Crippen LogP contribution in [-0.4, -0.2) is 42.1 Å². The Morgan fingerprint density at radius 2 is 2.00 bits per heavy atom. The highest BCUT2D eigenvalue weighted by molar-refractivity contribution is 6.00. The van der Waals surface area contributed by atoms with Crippen molar-refractivity contribution < 1.29 is 19.4 Å². The molecular formula is C19H20N2O4. The summed E-state index contributed by atoms with van der Waals surface area (Å²) in [5, 5.41) is 12.4. The van der Waals surface area contributed by atoms with Gasteiger partial charge in [0.25, 0.3) is 5.91 Å². The number of methoxy groups -OCH3 is 1. The molecule has 2 aromatic carbocycles. The SMILES string of the molecule is COc1cccc(Nc2ccccc2C(=O)N2CC[C@H](C(=O)O)C2)c1. The number of rotatable bonds is 5. The highest BCUT2D eigenvalue weighted by Gasteiger charge is 2.31. The molecule has 1 atom stereocenters. The Bertz CT molecular complexity index is 790. The van der Waals surface area contributed by atoms with Crippen LogP contribution in [0, 0.1) is 5.92 Å². The normalized spacial score (nSPS) is 16.5. The first-order valence-electron chi connectivity index (χ1n) is 8.10. The number of amides is 1. The largest absolute Gasteiger partial charge is 0.497 e. The number of ether oxygens (including phenoxy) is 1. The minimum Gasteiger partial charge on any atom is -0.497 e. The molecule has 25 heavy (non-hydrogen) atoms. The molecule has 2 aromatic rings. The summed E-state index contributed by atoms with van der Waals surface area (Å²) in [6.45, 7) is 0.713. The molecule has 0 radical (unpaired) electrons. The first-order chi connectivity index (χ1) is 12.1. The van der Waals surface area contributed by atoms with Crippen LogP contribution >= 0.6 is 0 Å². The highest BCUT2D eigenvalue weighted by atomic mass is 16.5. The summed E-state index contributed by atoms with van der Waals surface area (Å²) in [5.74, 6) is -0.770. The van der Waals surface area contributed by atoms with E-state index in [2.05, 4.69) is 5.32 Å². The molecule has 0 aliphatic carbocycles. The van der Waals surface area contributed by atoms with Crippen LogP contribution in [0.2, 0.25) is 0 Å². The molecule has 2 N–H and O–H groups in total. The fourth-order valence-electron chi connectivity index (χ4n) is 2.95. The van der Waals surface area contributed by atoms with Gasteiger partial charge in [-0.25, -0.2) is 0 Å². The molecule has 130 valence electrons. The van der Waals surface area contributed by atoms with Gasteiger partial charge in [-0.15, -0.1) is 0 Å². The average Bonchev–Trinajstić information content (AvgIpc) is 3.12. The summed E-state index contributed by atoms with van der Waals surface area (Å²) in [5.41, 5.74) is 2.01. The van der Waals surface area contributed by atoms with Crippen molar-refractivity contribution in [1.29, 1.82) is 0 Å². The minimum atomic E-state index is -0.849. The number of benzene rings is 2. The van der Waals surface area contributed by atoms with E-state index in [-0.39, 0.29) is 12.5 Å². The Kier molecular flexibility index (Phi) is 4.88. The van der Waals surface area contributed by atoms with E-state index in [1.54, 1.807) is 24.1 Å². The number of carbonyl (C=O) groups excluding carboxylic acids is 1. The molecule has 1 amide bonds. The second-order valence-corrected chi connectivity index (χ2v) is 5.98. The number of hydrogen-bond acceptors (Lipinski definition) is 4. The lowest BCUT2D eigenvalue weighted by atomic mass is 10.1. The predicted molar refractivity (Wildman–Crippen MR) is 94.4 cm³/mol. The van der Waals surface area contributed by atoms with Crippen molar-refractivity contribution in [3.8, 4) is 5.75 Å². The maximum atomic E-state index is 12.8. The van der Waals surface area contributed by atoms with Crippen molar-refractivity contribution in [3.05, 3.63) is 54.1 Å². The maximum Gasteiger partial charge on any atom is 0.308 e. The fourth-order valence-corrected chi connectivity index (χ4v) is 2.95. The molecule has 0 bridgehead atoms. The van der Waals surface area contributed by atoms with Gasteiger partial charge in [0.1, 0.15) is 5.75 Å². The molecule has 1 heterocycles. The van der Waals surface area contributed by atoms with Crippen molar-refractivity contribution in [1.82, 2.24) is 4.90 Å². The number of anilines is 2. The molecule has 1 saturated heterocycles. The van der Waals surface area contributed by atoms with Gasteiger partial charge in [0.05, 0.1) is 24.3 Å². The number of hydrogen-bond donors (Lipinski definition) is 2. The molecule has 1 aliphatic heterocycles. The Balaban J connectivity index is 1.81. The van der Waals surface area contributed by atoms with E-state index < -0.39 is 11.9 Å². The van der Waals surface area contributed by atoms with Gasteiger partial charge in [-0.3, -0.25) is 9.59 Å². The third-order valence-corrected chi connectivity index (χ3v) is 4.33. The Morgan fingerprint density at radius 3 is 2.72 bits per heavy atom. The first kappa shape index (κ1) is 16.8. The lowest BCUT2D eigenvalue weighted by Gasteiger charge is -2.19. The van der Waals surface area contributed by atoms with E-state index >= 15 is 0 Å². The van der Waals surface area contributed by atoms with Crippen LogP contribution in [0.3, 0.4) is 0 Å². The number of carboxylic acids is 1. The standard InChI is InChI=1S/C19H20N2O4/c1-25-15-6-4-5-14(11-15)20-17-8-3-2-7-16(17)18(22)21-10-9-13(12-21)19(23)24/h2-8,11,13,20H,9-10,12H2,1H3,(H,23,24)/t13-/m0/s1. The van der Waals surface area contributed by atoms with Crippen molar-refractivity contribution in [2.24, 2.45) is 5.92 Å². The molecule has 6 nitrogen and oxygen atoms in total. The van der Waals surface area contributed by atoms with Gasteiger partial charge < -0.3 is 20.1 Å². The van der Waals surface area contributed by atoms with Gasteiger partial charge in [0.2, 0.25) is 0 Å². The average molecular weight is 340 g/mol. The van der Waals surface area contributed by atoms with Gasteiger partial charge in [0, 0.05) is 24.8 Å². The van der Waals surface area contributed by atoms with E-state index in [1.165, 1.54) is 0 Å². The van der Waals surface area contributed by atoms with Crippen LogP contribution in [-0.2, 0) is 4.79 Å². The number of aliphatic carboxylic acids is 1. The van der Waals surface area contributed by atoms with Crippen LogP contribution in [0.5, 0.6) is 5.75 Å². The number of likely N-dealkylation sites (tertiary alicyclic amines) is 1. The summed E-state index contributed by atoms with van der Waals surface area (Å²) < 4.78 is 5.21. The monoisotopic (exact) mass is 340 g/mol. The summed E-state index contributed by atoms with van der Waals surface area (Å²) in [4.78, 5) is 25.5. The molecule has 0 spiro atoms. The second-order valence-electron chi connectivity index (χ2n) is 5.98. The number of para-hydroxylation sites is 1. The molecule has 0 unspecified atom stereocenters. The van der Waals surface area contributed by atoms with Gasteiger partial charge in [-0.05, 0) is 30.7 Å². The third-order valence-electron chi connectivity index (χ3n) is 4.33. The quantitative estimate of drug-likeness (QED) is 0.875. The van der Waals surface area contributed by atoms with Crippen molar-refractivity contribution in [2.45, 2.75) is 6.42 Å². The van der Waals surface area contributed by atoms with Gasteiger partial charge in [-0.2, -0.15) is 0 Å². The molecule has 1 fully saturated rings. The zero-order valence-corrected chi connectivity index (χ0v) is 13.9. The van der Waals surface area contributed by atoms with Crippen LogP contribution in [0.1, 0.15) is 16.8 Å². The topological polar surface area (TPSA) is 78.9 Å². The van der Waals surface area contributed by atoms with E-state index in [0.717, 1.165) is 11.4 Å². The van der Waals surface area contributed by atoms with Crippen molar-refractivity contribution in [2.75, 3.05) is 25.5 Å². The highest BCUT2D eigenvalue weighted by Crippen LogP contribution is 2.26. The Labute approximate surface area is 146 Å². The third kappa shape index (κ3) is 3.74. The lowest BCUT2D eigenvalue weighted by Crippen LogP contribution is -2.30. The second kappa shape index (κ2) is 7.25. The number of carbonyl (C=O) groups is 2. The van der Waals surface area contributed by atoms with Crippen LogP contribution < -0.4 is 10.1 Å². The molecule has 1 aliphatic rings. The summed E-state index contributed by atoms with van der Waals surface area (Å²) in [6.07, 6.45) is 0.493. The van der Waals surface area contributed by atoms with Crippen molar-refractivity contribution >= 4 is 23.3 Å².